The van der Waals surface area contributed by atoms with Crippen LogP contribution in [0, 0.1) is 0 Å². The van der Waals surface area contributed by atoms with Gasteiger partial charge in [0.1, 0.15) is 11.6 Å². The minimum atomic E-state index is -0.632. The number of alkyl halides is 1. The molecule has 106 valence electrons. The third kappa shape index (κ3) is 8.54. The molecule has 0 aromatic carbocycles. The van der Waals surface area contributed by atoms with Crippen LogP contribution in [0.15, 0.2) is 0 Å². The Morgan fingerprint density at radius 1 is 1.28 bits per heavy atom. The highest BCUT2D eigenvalue weighted by Gasteiger charge is 2.24. The number of methoxy groups -OCH3 is 1. The summed E-state index contributed by atoms with van der Waals surface area (Å²) >= 11 is 2.28. The fourth-order valence-corrected chi connectivity index (χ4v) is 1.82. The molecule has 0 saturated carbocycles. The molecule has 1 N–H and O–H groups in total. The van der Waals surface area contributed by atoms with E-state index in [-0.39, 0.29) is 0 Å². The Balaban J connectivity index is 4.31. The van der Waals surface area contributed by atoms with Gasteiger partial charge in [-0.25, -0.2) is 9.59 Å². The van der Waals surface area contributed by atoms with Crippen molar-refractivity contribution in [1.29, 1.82) is 0 Å². The van der Waals surface area contributed by atoms with E-state index in [1.807, 2.05) is 0 Å². The van der Waals surface area contributed by atoms with E-state index in [1.165, 1.54) is 7.11 Å². The van der Waals surface area contributed by atoms with E-state index in [2.05, 4.69) is 32.6 Å². The van der Waals surface area contributed by atoms with Crippen molar-refractivity contribution in [1.82, 2.24) is 5.32 Å². The SMILES string of the molecule is COC(=O)C(CCCCI)NC(=O)OC(C)(C)C. The molecule has 0 spiro atoms. The van der Waals surface area contributed by atoms with Gasteiger partial charge in [-0.3, -0.25) is 0 Å². The van der Waals surface area contributed by atoms with Crippen molar-refractivity contribution in [2.75, 3.05) is 11.5 Å². The summed E-state index contributed by atoms with van der Waals surface area (Å²) in [5.41, 5.74) is -0.576. The standard InChI is InChI=1S/C12H22INO4/c1-12(2,3)18-11(16)14-9(10(15)17-4)7-5-6-8-13/h9H,5-8H2,1-4H3,(H,14,16). The van der Waals surface area contributed by atoms with Crippen molar-refractivity contribution < 1.29 is 19.1 Å². The fraction of sp³-hybridized carbons (Fsp3) is 0.833. The van der Waals surface area contributed by atoms with Gasteiger partial charge < -0.3 is 14.8 Å². The van der Waals surface area contributed by atoms with Crippen LogP contribution in [0.4, 0.5) is 4.79 Å². The van der Waals surface area contributed by atoms with Crippen LogP contribution in [-0.4, -0.2) is 35.2 Å². The molecular weight excluding hydrogens is 349 g/mol. The molecule has 0 aromatic heterocycles. The molecule has 5 nitrogen and oxygen atoms in total. The van der Waals surface area contributed by atoms with Gasteiger partial charge >= 0.3 is 12.1 Å². The molecule has 1 amide bonds. The quantitative estimate of drug-likeness (QED) is 0.338. The first-order valence-electron chi connectivity index (χ1n) is 5.93. The summed E-state index contributed by atoms with van der Waals surface area (Å²) in [5, 5.41) is 2.55. The van der Waals surface area contributed by atoms with Gasteiger partial charge in [-0.2, -0.15) is 0 Å². The van der Waals surface area contributed by atoms with Crippen LogP contribution in [0.2, 0.25) is 0 Å². The summed E-state index contributed by atoms with van der Waals surface area (Å²) in [5.74, 6) is -0.436. The number of rotatable bonds is 6. The summed E-state index contributed by atoms with van der Waals surface area (Å²) in [7, 11) is 1.31. The predicted molar refractivity (Wildman–Crippen MR) is 77.9 cm³/mol. The number of nitrogens with one attached hydrogen (secondary N) is 1. The molecule has 1 atom stereocenters. The Kier molecular flexibility index (Phi) is 8.30. The van der Waals surface area contributed by atoms with E-state index in [1.54, 1.807) is 20.8 Å². The molecule has 0 aliphatic heterocycles. The highest BCUT2D eigenvalue weighted by atomic mass is 127. The van der Waals surface area contributed by atoms with Crippen molar-refractivity contribution >= 4 is 34.7 Å². The van der Waals surface area contributed by atoms with Crippen LogP contribution >= 0.6 is 22.6 Å². The van der Waals surface area contributed by atoms with Gasteiger partial charge in [0.05, 0.1) is 7.11 Å². The predicted octanol–water partition coefficient (Wildman–Crippen LogP) is 2.66. The largest absolute Gasteiger partial charge is 0.467 e. The molecule has 0 heterocycles. The monoisotopic (exact) mass is 371 g/mol. The Hall–Kier alpha value is -0.530. The number of hydrogen-bond donors (Lipinski definition) is 1. The van der Waals surface area contributed by atoms with Gasteiger partial charge in [-0.15, -0.1) is 0 Å². The molecule has 0 saturated heterocycles. The van der Waals surface area contributed by atoms with E-state index < -0.39 is 23.7 Å². The summed E-state index contributed by atoms with van der Waals surface area (Å²) < 4.78 is 10.8. The second-order valence-corrected chi connectivity index (χ2v) is 5.99. The second-order valence-electron chi connectivity index (χ2n) is 4.91. The van der Waals surface area contributed by atoms with Crippen molar-refractivity contribution in [3.63, 3.8) is 0 Å². The van der Waals surface area contributed by atoms with Crippen molar-refractivity contribution in [2.45, 2.75) is 51.7 Å². The van der Waals surface area contributed by atoms with Crippen LogP contribution in [0.25, 0.3) is 0 Å². The summed E-state index contributed by atoms with van der Waals surface area (Å²) in [6.07, 6.45) is 1.84. The van der Waals surface area contributed by atoms with Gasteiger partial charge in [-0.05, 0) is 38.0 Å². The Labute approximate surface area is 122 Å². The first kappa shape index (κ1) is 17.5. The Morgan fingerprint density at radius 2 is 1.89 bits per heavy atom. The zero-order valence-corrected chi connectivity index (χ0v) is 13.6. The number of esters is 1. The maximum absolute atomic E-state index is 11.6. The van der Waals surface area contributed by atoms with Crippen LogP contribution in [0.1, 0.15) is 40.0 Å². The maximum atomic E-state index is 11.6. The molecule has 6 heteroatoms. The van der Waals surface area contributed by atoms with Crippen LogP contribution in [-0.2, 0) is 14.3 Å². The minimum Gasteiger partial charge on any atom is -0.467 e. The van der Waals surface area contributed by atoms with Crippen LogP contribution < -0.4 is 5.32 Å². The molecule has 0 aliphatic rings. The molecule has 0 aliphatic carbocycles. The number of carbonyl (C=O) groups is 2. The van der Waals surface area contributed by atoms with E-state index in [0.29, 0.717) is 6.42 Å². The zero-order valence-electron chi connectivity index (χ0n) is 11.4. The number of unbranched alkanes of at least 4 members (excludes halogenated alkanes) is 1. The van der Waals surface area contributed by atoms with Gasteiger partial charge in [-0.1, -0.05) is 29.0 Å². The van der Waals surface area contributed by atoms with Gasteiger partial charge in [0.25, 0.3) is 0 Å². The number of halogens is 1. The first-order valence-corrected chi connectivity index (χ1v) is 7.46. The normalized spacial score (nSPS) is 12.7. The number of carbonyl (C=O) groups excluding carboxylic acids is 2. The third-order valence-corrected chi connectivity index (χ3v) is 2.82. The number of ether oxygens (including phenoxy) is 2. The summed E-state index contributed by atoms with van der Waals surface area (Å²) in [4.78, 5) is 23.1. The number of alkyl carbamates (subject to hydrolysis) is 1. The number of amides is 1. The lowest BCUT2D eigenvalue weighted by Crippen LogP contribution is -2.44. The lowest BCUT2D eigenvalue weighted by atomic mass is 10.1. The molecular formula is C12H22INO4. The second kappa shape index (κ2) is 8.55. The van der Waals surface area contributed by atoms with Crippen LogP contribution in [0.5, 0.6) is 0 Å². The van der Waals surface area contributed by atoms with Gasteiger partial charge in [0.15, 0.2) is 0 Å². The Bertz CT molecular complexity index is 276. The highest BCUT2D eigenvalue weighted by molar-refractivity contribution is 14.1. The molecule has 0 rings (SSSR count). The van der Waals surface area contributed by atoms with E-state index in [0.717, 1.165) is 17.3 Å². The number of hydrogen-bond acceptors (Lipinski definition) is 4. The molecule has 0 fully saturated rings. The molecule has 0 aromatic rings. The molecule has 18 heavy (non-hydrogen) atoms. The minimum absolute atomic E-state index is 0.436. The fourth-order valence-electron chi connectivity index (χ4n) is 1.28. The van der Waals surface area contributed by atoms with Crippen molar-refractivity contribution in [3.05, 3.63) is 0 Å². The highest BCUT2D eigenvalue weighted by Crippen LogP contribution is 2.09. The lowest BCUT2D eigenvalue weighted by molar-refractivity contribution is -0.143. The lowest BCUT2D eigenvalue weighted by Gasteiger charge is -2.22. The van der Waals surface area contributed by atoms with E-state index in [9.17, 15) is 9.59 Å². The molecule has 0 bridgehead atoms. The molecule has 1 unspecified atom stereocenters. The average molecular weight is 371 g/mol. The topological polar surface area (TPSA) is 64.6 Å². The van der Waals surface area contributed by atoms with E-state index in [4.69, 9.17) is 4.74 Å². The van der Waals surface area contributed by atoms with Gasteiger partial charge in [0, 0.05) is 0 Å². The summed E-state index contributed by atoms with van der Waals surface area (Å²) in [6.45, 7) is 5.32. The average Bonchev–Trinajstić information content (AvgIpc) is 2.24. The van der Waals surface area contributed by atoms with Crippen molar-refractivity contribution in [2.24, 2.45) is 0 Å². The zero-order chi connectivity index (χ0) is 14.2. The maximum Gasteiger partial charge on any atom is 0.408 e. The Morgan fingerprint density at radius 3 is 2.33 bits per heavy atom. The van der Waals surface area contributed by atoms with Gasteiger partial charge in [0.2, 0.25) is 0 Å². The smallest absolute Gasteiger partial charge is 0.408 e. The third-order valence-electron chi connectivity index (χ3n) is 2.05. The van der Waals surface area contributed by atoms with Crippen molar-refractivity contribution in [3.8, 4) is 0 Å². The first-order chi connectivity index (χ1) is 8.30. The summed E-state index contributed by atoms with van der Waals surface area (Å²) in [6, 6.07) is -0.632. The van der Waals surface area contributed by atoms with E-state index >= 15 is 0 Å². The van der Waals surface area contributed by atoms with Crippen LogP contribution in [0.3, 0.4) is 0 Å². The molecule has 0 radical (unpaired) electrons.